The van der Waals surface area contributed by atoms with Gasteiger partial charge in [0.2, 0.25) is 0 Å². The van der Waals surface area contributed by atoms with E-state index in [1.54, 1.807) is 12.1 Å². The van der Waals surface area contributed by atoms with Crippen LogP contribution in [0.5, 0.6) is 0 Å². The normalized spacial score (nSPS) is 30.1. The third-order valence-corrected chi connectivity index (χ3v) is 4.53. The number of ether oxygens (including phenoxy) is 1. The van der Waals surface area contributed by atoms with Crippen LogP contribution in [0.2, 0.25) is 0 Å². The highest BCUT2D eigenvalue weighted by Crippen LogP contribution is 2.41. The van der Waals surface area contributed by atoms with E-state index < -0.39 is 0 Å². The average molecular weight is 249 g/mol. The minimum Gasteiger partial charge on any atom is -0.376 e. The molecule has 2 fully saturated rings. The van der Waals surface area contributed by atoms with E-state index >= 15 is 0 Å². The average Bonchev–Trinajstić information content (AvgIpc) is 2.76. The van der Waals surface area contributed by atoms with Gasteiger partial charge in [-0.3, -0.25) is 0 Å². The molecule has 18 heavy (non-hydrogen) atoms. The Kier molecular flexibility index (Phi) is 3.35. The molecular formula is C15H20FNO. The maximum absolute atomic E-state index is 12.9. The zero-order valence-electron chi connectivity index (χ0n) is 10.5. The van der Waals surface area contributed by atoms with Crippen LogP contribution in [0.4, 0.5) is 4.39 Å². The van der Waals surface area contributed by atoms with Gasteiger partial charge < -0.3 is 10.5 Å². The lowest BCUT2D eigenvalue weighted by atomic mass is 9.74. The molecule has 3 heteroatoms. The Bertz CT molecular complexity index is 401. The highest BCUT2D eigenvalue weighted by molar-refractivity contribution is 5.21. The second-order valence-electron chi connectivity index (χ2n) is 5.64. The molecule has 2 nitrogen and oxygen atoms in total. The van der Waals surface area contributed by atoms with Crippen molar-refractivity contribution in [3.8, 4) is 0 Å². The molecule has 1 aromatic rings. The molecule has 2 aliphatic rings. The van der Waals surface area contributed by atoms with Crippen molar-refractivity contribution in [2.24, 2.45) is 17.6 Å². The lowest BCUT2D eigenvalue weighted by Crippen LogP contribution is -2.27. The first kappa shape index (κ1) is 12.1. The molecule has 3 atom stereocenters. The maximum atomic E-state index is 12.9. The fourth-order valence-electron chi connectivity index (χ4n) is 3.07. The molecule has 0 radical (unpaired) electrons. The Balaban J connectivity index is 1.62. The van der Waals surface area contributed by atoms with Crippen LogP contribution in [0.25, 0.3) is 0 Å². The van der Waals surface area contributed by atoms with E-state index in [1.807, 2.05) is 0 Å². The SMILES string of the molecule is NC(c1ccc(F)cc1)C1CC(C2CCC2)CO1. The molecule has 3 rings (SSSR count). The van der Waals surface area contributed by atoms with E-state index in [2.05, 4.69) is 0 Å². The lowest BCUT2D eigenvalue weighted by molar-refractivity contribution is 0.0797. The molecular weight excluding hydrogens is 229 g/mol. The summed E-state index contributed by atoms with van der Waals surface area (Å²) in [5, 5.41) is 0. The van der Waals surface area contributed by atoms with Gasteiger partial charge in [0.1, 0.15) is 5.82 Å². The zero-order chi connectivity index (χ0) is 12.5. The number of hydrogen-bond acceptors (Lipinski definition) is 2. The predicted octanol–water partition coefficient (Wildman–Crippen LogP) is 3.03. The number of hydrogen-bond donors (Lipinski definition) is 1. The van der Waals surface area contributed by atoms with E-state index in [-0.39, 0.29) is 18.0 Å². The van der Waals surface area contributed by atoms with Gasteiger partial charge in [0, 0.05) is 0 Å². The maximum Gasteiger partial charge on any atom is 0.123 e. The first-order valence-corrected chi connectivity index (χ1v) is 6.86. The number of rotatable bonds is 3. The molecule has 2 N–H and O–H groups in total. The molecule has 0 amide bonds. The van der Waals surface area contributed by atoms with Gasteiger partial charge in [-0.1, -0.05) is 31.4 Å². The van der Waals surface area contributed by atoms with Crippen LogP contribution in [-0.4, -0.2) is 12.7 Å². The van der Waals surface area contributed by atoms with Crippen molar-refractivity contribution < 1.29 is 9.13 Å². The van der Waals surface area contributed by atoms with Gasteiger partial charge in [0.05, 0.1) is 18.8 Å². The molecule has 3 unspecified atom stereocenters. The van der Waals surface area contributed by atoms with Crippen molar-refractivity contribution in [3.05, 3.63) is 35.6 Å². The highest BCUT2D eigenvalue weighted by Gasteiger charge is 2.37. The van der Waals surface area contributed by atoms with Gasteiger partial charge in [-0.2, -0.15) is 0 Å². The number of halogens is 1. The first-order chi connectivity index (χ1) is 8.74. The third-order valence-electron chi connectivity index (χ3n) is 4.53. The van der Waals surface area contributed by atoms with Crippen molar-refractivity contribution in [1.29, 1.82) is 0 Å². The smallest absolute Gasteiger partial charge is 0.123 e. The number of benzene rings is 1. The molecule has 1 aromatic carbocycles. The third kappa shape index (κ3) is 2.29. The lowest BCUT2D eigenvalue weighted by Gasteiger charge is -2.30. The summed E-state index contributed by atoms with van der Waals surface area (Å²) in [6.45, 7) is 0.851. The van der Waals surface area contributed by atoms with Gasteiger partial charge >= 0.3 is 0 Å². The fraction of sp³-hybridized carbons (Fsp3) is 0.600. The van der Waals surface area contributed by atoms with E-state index in [0.29, 0.717) is 5.92 Å². The van der Waals surface area contributed by atoms with Crippen LogP contribution >= 0.6 is 0 Å². The summed E-state index contributed by atoms with van der Waals surface area (Å²) in [7, 11) is 0. The quantitative estimate of drug-likeness (QED) is 0.893. The van der Waals surface area contributed by atoms with E-state index in [1.165, 1.54) is 31.4 Å². The van der Waals surface area contributed by atoms with Gasteiger partial charge in [-0.05, 0) is 36.0 Å². The van der Waals surface area contributed by atoms with Crippen LogP contribution in [0.1, 0.15) is 37.3 Å². The Morgan fingerprint density at radius 3 is 2.50 bits per heavy atom. The predicted molar refractivity (Wildman–Crippen MR) is 68.5 cm³/mol. The molecule has 1 saturated heterocycles. The van der Waals surface area contributed by atoms with Gasteiger partial charge in [0.25, 0.3) is 0 Å². The van der Waals surface area contributed by atoms with Gasteiger partial charge in [-0.15, -0.1) is 0 Å². The summed E-state index contributed by atoms with van der Waals surface area (Å²) in [5.41, 5.74) is 7.19. The minimum absolute atomic E-state index is 0.0982. The summed E-state index contributed by atoms with van der Waals surface area (Å²) in [6, 6.07) is 6.33. The Morgan fingerprint density at radius 2 is 1.89 bits per heavy atom. The molecule has 0 spiro atoms. The van der Waals surface area contributed by atoms with Crippen molar-refractivity contribution >= 4 is 0 Å². The van der Waals surface area contributed by atoms with Crippen molar-refractivity contribution in [3.63, 3.8) is 0 Å². The van der Waals surface area contributed by atoms with Crippen LogP contribution in [-0.2, 0) is 4.74 Å². The van der Waals surface area contributed by atoms with Crippen LogP contribution in [0.3, 0.4) is 0 Å². The summed E-state index contributed by atoms with van der Waals surface area (Å²) < 4.78 is 18.7. The van der Waals surface area contributed by atoms with Crippen LogP contribution < -0.4 is 5.73 Å². The molecule has 1 saturated carbocycles. The van der Waals surface area contributed by atoms with E-state index in [9.17, 15) is 4.39 Å². The number of nitrogens with two attached hydrogens (primary N) is 1. The van der Waals surface area contributed by atoms with E-state index in [0.717, 1.165) is 24.5 Å². The standard InChI is InChI=1S/C15H20FNO/c16-13-6-4-11(5-7-13)15(17)14-8-12(9-18-14)10-2-1-3-10/h4-7,10,12,14-15H,1-3,8-9,17H2. The van der Waals surface area contributed by atoms with Gasteiger partial charge in [0.15, 0.2) is 0 Å². The molecule has 0 bridgehead atoms. The molecule has 98 valence electrons. The Morgan fingerprint density at radius 1 is 1.17 bits per heavy atom. The topological polar surface area (TPSA) is 35.2 Å². The summed E-state index contributed by atoms with van der Waals surface area (Å²) in [4.78, 5) is 0. The fourth-order valence-corrected chi connectivity index (χ4v) is 3.07. The summed E-state index contributed by atoms with van der Waals surface area (Å²) in [5.74, 6) is 1.33. The molecule has 0 aromatic heterocycles. The monoisotopic (exact) mass is 249 g/mol. The van der Waals surface area contributed by atoms with Crippen LogP contribution in [0.15, 0.2) is 24.3 Å². The van der Waals surface area contributed by atoms with Crippen molar-refractivity contribution in [2.45, 2.75) is 37.8 Å². The molecule has 1 heterocycles. The van der Waals surface area contributed by atoms with Crippen molar-refractivity contribution in [1.82, 2.24) is 0 Å². The van der Waals surface area contributed by atoms with Crippen molar-refractivity contribution in [2.75, 3.05) is 6.61 Å². The van der Waals surface area contributed by atoms with Gasteiger partial charge in [-0.25, -0.2) is 4.39 Å². The Labute approximate surface area is 107 Å². The Hall–Kier alpha value is -0.930. The van der Waals surface area contributed by atoms with E-state index in [4.69, 9.17) is 10.5 Å². The summed E-state index contributed by atoms with van der Waals surface area (Å²) in [6.07, 6.45) is 5.24. The molecule has 1 aliphatic carbocycles. The minimum atomic E-state index is -0.217. The summed E-state index contributed by atoms with van der Waals surface area (Å²) >= 11 is 0. The highest BCUT2D eigenvalue weighted by atomic mass is 19.1. The second-order valence-corrected chi connectivity index (χ2v) is 5.64. The largest absolute Gasteiger partial charge is 0.376 e. The second kappa shape index (κ2) is 4.98. The van der Waals surface area contributed by atoms with Crippen LogP contribution in [0, 0.1) is 17.7 Å². The zero-order valence-corrected chi connectivity index (χ0v) is 10.5. The molecule has 1 aliphatic heterocycles. The first-order valence-electron chi connectivity index (χ1n) is 6.86.